The summed E-state index contributed by atoms with van der Waals surface area (Å²) in [6, 6.07) is 0. The van der Waals surface area contributed by atoms with Crippen LogP contribution >= 0.6 is 0 Å². The first-order valence-electron chi connectivity index (χ1n) is 8.05. The molecule has 0 aromatic rings. The number of unbranched alkanes of at least 4 members (excludes halogenated alkanes) is 9. The van der Waals surface area contributed by atoms with Crippen molar-refractivity contribution in [2.24, 2.45) is 0 Å². The van der Waals surface area contributed by atoms with Gasteiger partial charge in [-0.2, -0.15) is 0 Å². The van der Waals surface area contributed by atoms with E-state index in [-0.39, 0.29) is 0 Å². The molecule has 1 radical (unpaired) electrons. The van der Waals surface area contributed by atoms with E-state index in [4.69, 9.17) is 0 Å². The molecule has 0 saturated heterocycles. The second-order valence-corrected chi connectivity index (χ2v) is 5.03. The van der Waals surface area contributed by atoms with Crippen LogP contribution < -0.4 is 0 Å². The van der Waals surface area contributed by atoms with Crippen LogP contribution in [0.4, 0.5) is 0 Å². The van der Waals surface area contributed by atoms with Crippen LogP contribution in [-0.4, -0.2) is 0 Å². The highest BCUT2D eigenvalue weighted by Gasteiger charge is 1.90. The third kappa shape index (κ3) is 15.5. The van der Waals surface area contributed by atoms with Gasteiger partial charge < -0.3 is 0 Å². The molecule has 105 valence electrons. The van der Waals surface area contributed by atoms with E-state index < -0.39 is 0 Å². The minimum Gasteiger partial charge on any atom is -0.0885 e. The molecule has 18 heavy (non-hydrogen) atoms. The molecular weight excluding hydrogens is 216 g/mol. The SMILES string of the molecule is CC/C=C\[CH]CCCCCCCC=CCCCC. The molecule has 0 aromatic carbocycles. The van der Waals surface area contributed by atoms with Crippen molar-refractivity contribution in [2.45, 2.75) is 84.5 Å². The summed E-state index contributed by atoms with van der Waals surface area (Å²) in [6.45, 7) is 4.43. The van der Waals surface area contributed by atoms with Crippen LogP contribution in [0.15, 0.2) is 24.3 Å². The van der Waals surface area contributed by atoms with Gasteiger partial charge in [-0.25, -0.2) is 0 Å². The van der Waals surface area contributed by atoms with Crippen molar-refractivity contribution in [1.82, 2.24) is 0 Å². The number of allylic oxidation sites excluding steroid dienone is 4. The summed E-state index contributed by atoms with van der Waals surface area (Å²) in [7, 11) is 0. The maximum atomic E-state index is 2.37. The van der Waals surface area contributed by atoms with Crippen LogP contribution in [0, 0.1) is 6.42 Å². The Balaban J connectivity index is 3.03. The first-order chi connectivity index (χ1) is 8.91. The van der Waals surface area contributed by atoms with Crippen LogP contribution in [0.25, 0.3) is 0 Å². The lowest BCUT2D eigenvalue weighted by atomic mass is 10.1. The second-order valence-electron chi connectivity index (χ2n) is 5.03. The molecule has 0 saturated carbocycles. The summed E-state index contributed by atoms with van der Waals surface area (Å²) >= 11 is 0. The van der Waals surface area contributed by atoms with Gasteiger partial charge in [-0.3, -0.25) is 0 Å². The number of rotatable bonds is 13. The largest absolute Gasteiger partial charge is 0.0885 e. The fourth-order valence-electron chi connectivity index (χ4n) is 1.94. The van der Waals surface area contributed by atoms with Gasteiger partial charge in [0.2, 0.25) is 0 Å². The molecule has 0 atom stereocenters. The topological polar surface area (TPSA) is 0 Å². The first-order valence-corrected chi connectivity index (χ1v) is 8.05. The Morgan fingerprint density at radius 3 is 1.89 bits per heavy atom. The van der Waals surface area contributed by atoms with Crippen molar-refractivity contribution in [2.75, 3.05) is 0 Å². The van der Waals surface area contributed by atoms with E-state index in [0.29, 0.717) is 0 Å². The van der Waals surface area contributed by atoms with Gasteiger partial charge in [0.15, 0.2) is 0 Å². The average Bonchev–Trinajstić information content (AvgIpc) is 2.39. The van der Waals surface area contributed by atoms with Crippen LogP contribution in [0.2, 0.25) is 0 Å². The average molecular weight is 249 g/mol. The van der Waals surface area contributed by atoms with Gasteiger partial charge in [0.25, 0.3) is 0 Å². The molecule has 0 spiro atoms. The van der Waals surface area contributed by atoms with Gasteiger partial charge in [0.1, 0.15) is 0 Å². The van der Waals surface area contributed by atoms with Crippen LogP contribution in [-0.2, 0) is 0 Å². The van der Waals surface area contributed by atoms with Gasteiger partial charge >= 0.3 is 0 Å². The molecular formula is C18H33. The molecule has 0 aliphatic heterocycles. The smallest absolute Gasteiger partial charge is 0.0171 e. The standard InChI is InChI=1S/C18H33/c1-3-5-7-9-11-13-15-17-18-16-14-12-10-8-6-4-2/h5,7,9-10,12H,3-4,6,8,11,13-18H2,1-2H3/b7-5-,12-10?. The van der Waals surface area contributed by atoms with Crippen LogP contribution in [0.3, 0.4) is 0 Å². The zero-order chi connectivity index (χ0) is 13.3. The lowest BCUT2D eigenvalue weighted by Gasteiger charge is -1.99. The van der Waals surface area contributed by atoms with E-state index in [1.54, 1.807) is 0 Å². The summed E-state index contributed by atoms with van der Waals surface area (Å²) in [5, 5.41) is 0. The van der Waals surface area contributed by atoms with Crippen molar-refractivity contribution >= 4 is 0 Å². The van der Waals surface area contributed by atoms with E-state index in [9.17, 15) is 0 Å². The zero-order valence-corrected chi connectivity index (χ0v) is 12.7. The van der Waals surface area contributed by atoms with Crippen molar-refractivity contribution in [3.8, 4) is 0 Å². The maximum Gasteiger partial charge on any atom is -0.0171 e. The number of hydrogen-bond acceptors (Lipinski definition) is 0. The minimum atomic E-state index is 1.16. The van der Waals surface area contributed by atoms with E-state index in [0.717, 1.165) is 6.42 Å². The molecule has 0 aliphatic rings. The summed E-state index contributed by atoms with van der Waals surface area (Å²) in [6.07, 6.45) is 26.1. The van der Waals surface area contributed by atoms with Crippen molar-refractivity contribution in [1.29, 1.82) is 0 Å². The summed E-state index contributed by atoms with van der Waals surface area (Å²) in [5.74, 6) is 0. The summed E-state index contributed by atoms with van der Waals surface area (Å²) < 4.78 is 0. The zero-order valence-electron chi connectivity index (χ0n) is 12.7. The van der Waals surface area contributed by atoms with E-state index in [2.05, 4.69) is 44.6 Å². The lowest BCUT2D eigenvalue weighted by molar-refractivity contribution is 0.617. The minimum absolute atomic E-state index is 1.16. The molecule has 0 unspecified atom stereocenters. The summed E-state index contributed by atoms with van der Waals surface area (Å²) in [4.78, 5) is 0. The van der Waals surface area contributed by atoms with Gasteiger partial charge in [0.05, 0.1) is 0 Å². The quantitative estimate of drug-likeness (QED) is 0.254. The van der Waals surface area contributed by atoms with E-state index >= 15 is 0 Å². The highest BCUT2D eigenvalue weighted by atomic mass is 14.0. The van der Waals surface area contributed by atoms with Gasteiger partial charge in [-0.15, -0.1) is 0 Å². The Bertz CT molecular complexity index is 188. The normalized spacial score (nSPS) is 11.9. The Morgan fingerprint density at radius 2 is 1.22 bits per heavy atom. The van der Waals surface area contributed by atoms with Crippen LogP contribution in [0.1, 0.15) is 84.5 Å². The van der Waals surface area contributed by atoms with Gasteiger partial charge in [-0.1, -0.05) is 76.7 Å². The highest BCUT2D eigenvalue weighted by molar-refractivity contribution is 4.93. The molecule has 0 bridgehead atoms. The van der Waals surface area contributed by atoms with E-state index in [1.807, 2.05) is 0 Å². The molecule has 0 aromatic heterocycles. The molecule has 0 heteroatoms. The van der Waals surface area contributed by atoms with Crippen molar-refractivity contribution < 1.29 is 0 Å². The summed E-state index contributed by atoms with van der Waals surface area (Å²) in [5.41, 5.74) is 0. The fraction of sp³-hybridized carbons (Fsp3) is 0.722. The van der Waals surface area contributed by atoms with Crippen molar-refractivity contribution in [3.05, 3.63) is 30.7 Å². The highest BCUT2D eigenvalue weighted by Crippen LogP contribution is 2.09. The maximum absolute atomic E-state index is 2.37. The molecule has 0 nitrogen and oxygen atoms in total. The monoisotopic (exact) mass is 249 g/mol. The molecule has 0 heterocycles. The molecule has 0 aliphatic carbocycles. The predicted molar refractivity (Wildman–Crippen MR) is 84.7 cm³/mol. The Kier molecular flexibility index (Phi) is 16.0. The lowest BCUT2D eigenvalue weighted by Crippen LogP contribution is -1.80. The fourth-order valence-corrected chi connectivity index (χ4v) is 1.94. The van der Waals surface area contributed by atoms with Crippen molar-refractivity contribution in [3.63, 3.8) is 0 Å². The molecule has 0 rings (SSSR count). The molecule has 0 N–H and O–H groups in total. The third-order valence-electron chi connectivity index (χ3n) is 3.14. The van der Waals surface area contributed by atoms with Crippen LogP contribution in [0.5, 0.6) is 0 Å². The Morgan fingerprint density at radius 1 is 0.611 bits per heavy atom. The third-order valence-corrected chi connectivity index (χ3v) is 3.14. The second kappa shape index (κ2) is 16.5. The Labute approximate surface area is 116 Å². The molecule has 0 fully saturated rings. The van der Waals surface area contributed by atoms with Gasteiger partial charge in [-0.05, 0) is 38.5 Å². The predicted octanol–water partition coefficient (Wildman–Crippen LogP) is 6.63. The first kappa shape index (κ1) is 17.5. The van der Waals surface area contributed by atoms with E-state index in [1.165, 1.54) is 64.2 Å². The van der Waals surface area contributed by atoms with Gasteiger partial charge in [0, 0.05) is 0 Å². The molecule has 0 amide bonds. The number of hydrogen-bond donors (Lipinski definition) is 0. The Hall–Kier alpha value is -0.520.